The van der Waals surface area contributed by atoms with Crippen molar-refractivity contribution in [3.05, 3.63) is 52.0 Å². The average Bonchev–Trinajstić information content (AvgIpc) is 2.89. The number of rotatable bonds is 3. The van der Waals surface area contributed by atoms with Gasteiger partial charge in [-0.1, -0.05) is 15.9 Å². The van der Waals surface area contributed by atoms with E-state index in [0.29, 0.717) is 12.3 Å². The molecule has 0 aliphatic carbocycles. The number of benzene rings is 2. The smallest absolute Gasteiger partial charge is 0.261 e. The van der Waals surface area contributed by atoms with Crippen molar-refractivity contribution in [2.45, 2.75) is 18.2 Å². The summed E-state index contributed by atoms with van der Waals surface area (Å²) >= 11 is 3.36. The molecule has 1 N–H and O–H groups in total. The highest BCUT2D eigenvalue weighted by Gasteiger charge is 2.19. The molecule has 0 amide bonds. The largest absolute Gasteiger partial charge is 0.493 e. The average molecular weight is 368 g/mol. The summed E-state index contributed by atoms with van der Waals surface area (Å²) in [5, 5.41) is 0. The van der Waals surface area contributed by atoms with Gasteiger partial charge in [0.05, 0.1) is 17.2 Å². The van der Waals surface area contributed by atoms with Crippen LogP contribution in [0.25, 0.3) is 0 Å². The summed E-state index contributed by atoms with van der Waals surface area (Å²) in [5.41, 5.74) is 2.37. The van der Waals surface area contributed by atoms with Gasteiger partial charge in [0.1, 0.15) is 5.75 Å². The van der Waals surface area contributed by atoms with Crippen LogP contribution in [0, 0.1) is 6.92 Å². The van der Waals surface area contributed by atoms with Gasteiger partial charge in [0.25, 0.3) is 10.0 Å². The zero-order valence-electron chi connectivity index (χ0n) is 11.4. The molecule has 110 valence electrons. The second-order valence-corrected chi connectivity index (χ2v) is 7.53. The number of halogens is 1. The van der Waals surface area contributed by atoms with Gasteiger partial charge in [-0.25, -0.2) is 8.42 Å². The van der Waals surface area contributed by atoms with E-state index in [4.69, 9.17) is 4.74 Å². The molecule has 0 radical (unpaired) electrons. The van der Waals surface area contributed by atoms with E-state index in [1.807, 2.05) is 13.0 Å². The fraction of sp³-hybridized carbons (Fsp3) is 0.200. The van der Waals surface area contributed by atoms with E-state index in [1.54, 1.807) is 30.3 Å². The number of hydrogen-bond donors (Lipinski definition) is 1. The third kappa shape index (κ3) is 2.91. The third-order valence-electron chi connectivity index (χ3n) is 3.40. The van der Waals surface area contributed by atoms with Crippen molar-refractivity contribution in [2.75, 3.05) is 11.3 Å². The van der Waals surface area contributed by atoms with Crippen molar-refractivity contribution in [1.29, 1.82) is 0 Å². The van der Waals surface area contributed by atoms with E-state index >= 15 is 0 Å². The van der Waals surface area contributed by atoms with Gasteiger partial charge in [-0.05, 0) is 54.4 Å². The quantitative estimate of drug-likeness (QED) is 0.902. The first kappa shape index (κ1) is 14.4. The summed E-state index contributed by atoms with van der Waals surface area (Å²) in [6.45, 7) is 2.47. The van der Waals surface area contributed by atoms with Crippen molar-refractivity contribution in [3.63, 3.8) is 0 Å². The van der Waals surface area contributed by atoms with Gasteiger partial charge in [0.15, 0.2) is 0 Å². The molecule has 0 bridgehead atoms. The lowest BCUT2D eigenvalue weighted by atomic mass is 10.2. The predicted molar refractivity (Wildman–Crippen MR) is 85.3 cm³/mol. The first-order valence-corrected chi connectivity index (χ1v) is 8.78. The van der Waals surface area contributed by atoms with Crippen LogP contribution in [0.5, 0.6) is 5.75 Å². The van der Waals surface area contributed by atoms with E-state index in [2.05, 4.69) is 20.7 Å². The van der Waals surface area contributed by atoms with Gasteiger partial charge in [-0.15, -0.1) is 0 Å². The molecular weight excluding hydrogens is 354 g/mol. The maximum absolute atomic E-state index is 12.5. The Hall–Kier alpha value is -1.53. The van der Waals surface area contributed by atoms with Crippen LogP contribution in [0.4, 0.5) is 5.69 Å². The zero-order valence-corrected chi connectivity index (χ0v) is 13.8. The molecule has 0 saturated heterocycles. The Bertz CT molecular complexity index is 803. The Balaban J connectivity index is 1.93. The van der Waals surface area contributed by atoms with Crippen molar-refractivity contribution in [2.24, 2.45) is 0 Å². The molecule has 3 rings (SSSR count). The Morgan fingerprint density at radius 3 is 2.76 bits per heavy atom. The maximum atomic E-state index is 12.5. The Labute approximate surface area is 132 Å². The second-order valence-electron chi connectivity index (χ2n) is 4.93. The number of hydrogen-bond acceptors (Lipinski definition) is 3. The lowest BCUT2D eigenvalue weighted by Crippen LogP contribution is -2.13. The molecule has 1 aliphatic rings. The van der Waals surface area contributed by atoms with E-state index in [1.165, 1.54) is 0 Å². The molecule has 0 spiro atoms. The molecule has 1 heterocycles. The maximum Gasteiger partial charge on any atom is 0.261 e. The predicted octanol–water partition coefficient (Wildman–Crippen LogP) is 3.49. The van der Waals surface area contributed by atoms with Crippen LogP contribution in [0.3, 0.4) is 0 Å². The molecule has 2 aromatic carbocycles. The highest BCUT2D eigenvalue weighted by molar-refractivity contribution is 9.10. The topological polar surface area (TPSA) is 55.4 Å². The van der Waals surface area contributed by atoms with E-state index in [-0.39, 0.29) is 4.90 Å². The van der Waals surface area contributed by atoms with Gasteiger partial charge in [0.2, 0.25) is 0 Å². The van der Waals surface area contributed by atoms with Crippen molar-refractivity contribution >= 4 is 31.6 Å². The Morgan fingerprint density at radius 2 is 2.00 bits per heavy atom. The molecule has 1 aliphatic heterocycles. The van der Waals surface area contributed by atoms with E-state index in [0.717, 1.165) is 27.8 Å². The summed E-state index contributed by atoms with van der Waals surface area (Å²) in [5.74, 6) is 0.772. The molecule has 0 unspecified atom stereocenters. The third-order valence-corrected chi connectivity index (χ3v) is 5.26. The molecule has 21 heavy (non-hydrogen) atoms. The summed E-state index contributed by atoms with van der Waals surface area (Å²) in [7, 11) is -3.59. The summed E-state index contributed by atoms with van der Waals surface area (Å²) in [4.78, 5) is 0.258. The number of nitrogens with one attached hydrogen (secondary N) is 1. The first-order chi connectivity index (χ1) is 9.95. The molecule has 4 nitrogen and oxygen atoms in total. The van der Waals surface area contributed by atoms with Crippen LogP contribution in [0.2, 0.25) is 0 Å². The first-order valence-electron chi connectivity index (χ1n) is 6.50. The standard InChI is InChI=1S/C15H14BrNO3S/c1-10-8-12(16)2-4-14(10)17-21(18,19)13-3-5-15-11(9-13)6-7-20-15/h2-5,8-9,17H,6-7H2,1H3. The molecule has 0 aromatic heterocycles. The monoisotopic (exact) mass is 367 g/mol. The SMILES string of the molecule is Cc1cc(Br)ccc1NS(=O)(=O)c1ccc2c(c1)CCO2. The fourth-order valence-electron chi connectivity index (χ4n) is 2.28. The Morgan fingerprint density at radius 1 is 1.19 bits per heavy atom. The molecular formula is C15H14BrNO3S. The summed E-state index contributed by atoms with van der Waals surface area (Å²) in [6, 6.07) is 10.4. The number of anilines is 1. The summed E-state index contributed by atoms with van der Waals surface area (Å²) < 4.78 is 33.9. The van der Waals surface area contributed by atoms with Gasteiger partial charge in [0, 0.05) is 10.9 Å². The van der Waals surface area contributed by atoms with Crippen LogP contribution in [-0.4, -0.2) is 15.0 Å². The highest BCUT2D eigenvalue weighted by Crippen LogP contribution is 2.29. The number of aryl methyl sites for hydroxylation is 1. The van der Waals surface area contributed by atoms with Crippen LogP contribution >= 0.6 is 15.9 Å². The van der Waals surface area contributed by atoms with Crippen molar-refractivity contribution < 1.29 is 13.2 Å². The normalized spacial score (nSPS) is 13.6. The highest BCUT2D eigenvalue weighted by atomic mass is 79.9. The zero-order chi connectivity index (χ0) is 15.0. The van der Waals surface area contributed by atoms with Crippen LogP contribution < -0.4 is 9.46 Å². The minimum atomic E-state index is -3.59. The van der Waals surface area contributed by atoms with Gasteiger partial charge < -0.3 is 4.74 Å². The molecule has 0 fully saturated rings. The van der Waals surface area contributed by atoms with Crippen molar-refractivity contribution in [3.8, 4) is 5.75 Å². The van der Waals surface area contributed by atoms with Gasteiger partial charge in [-0.3, -0.25) is 4.72 Å². The molecule has 0 saturated carbocycles. The van der Waals surface area contributed by atoms with Gasteiger partial charge >= 0.3 is 0 Å². The Kier molecular flexibility index (Phi) is 3.67. The molecule has 6 heteroatoms. The molecule has 0 atom stereocenters. The minimum absolute atomic E-state index is 0.258. The van der Waals surface area contributed by atoms with Crippen LogP contribution in [0.1, 0.15) is 11.1 Å². The van der Waals surface area contributed by atoms with Crippen molar-refractivity contribution in [1.82, 2.24) is 0 Å². The van der Waals surface area contributed by atoms with Gasteiger partial charge in [-0.2, -0.15) is 0 Å². The van der Waals surface area contributed by atoms with Crippen LogP contribution in [-0.2, 0) is 16.4 Å². The summed E-state index contributed by atoms with van der Waals surface area (Å²) in [6.07, 6.45) is 0.746. The second kappa shape index (κ2) is 5.35. The fourth-order valence-corrected chi connectivity index (χ4v) is 3.93. The number of sulfonamides is 1. The van der Waals surface area contributed by atoms with Crippen LogP contribution in [0.15, 0.2) is 45.8 Å². The number of ether oxygens (including phenoxy) is 1. The molecule has 2 aromatic rings. The lowest BCUT2D eigenvalue weighted by Gasteiger charge is -2.11. The lowest BCUT2D eigenvalue weighted by molar-refractivity contribution is 0.356. The van der Waals surface area contributed by atoms with E-state index < -0.39 is 10.0 Å². The number of fused-ring (bicyclic) bond motifs is 1. The minimum Gasteiger partial charge on any atom is -0.493 e. The van der Waals surface area contributed by atoms with E-state index in [9.17, 15) is 8.42 Å².